The Balaban J connectivity index is 1.63. The number of benzene rings is 2. The van der Waals surface area contributed by atoms with E-state index in [0.29, 0.717) is 6.61 Å². The molecule has 0 N–H and O–H groups in total. The van der Waals surface area contributed by atoms with Crippen LogP contribution in [0.1, 0.15) is 5.56 Å². The zero-order chi connectivity index (χ0) is 12.2. The molecule has 0 aliphatic heterocycles. The zero-order valence-electron chi connectivity index (χ0n) is 9.87. The van der Waals surface area contributed by atoms with Crippen LogP contribution in [0, 0.1) is 0 Å². The predicted octanol–water partition coefficient (Wildman–Crippen LogP) is 3.92. The standard InChI is InChI=1S/C15H13NOS/c1-2-6-12(7-3-1)10-11-17-15-16-13-8-4-5-9-14(13)18-15/h1-9H,10-11H2. The molecular weight excluding hydrogens is 242 g/mol. The number of fused-ring (bicyclic) bond motifs is 1. The van der Waals surface area contributed by atoms with Crippen molar-refractivity contribution in [3.05, 3.63) is 60.2 Å². The maximum absolute atomic E-state index is 5.70. The summed E-state index contributed by atoms with van der Waals surface area (Å²) >= 11 is 1.60. The fourth-order valence-electron chi connectivity index (χ4n) is 1.81. The van der Waals surface area contributed by atoms with Crippen LogP contribution in [-0.4, -0.2) is 11.6 Å². The summed E-state index contributed by atoms with van der Waals surface area (Å²) in [6, 6.07) is 18.4. The van der Waals surface area contributed by atoms with E-state index in [4.69, 9.17) is 4.74 Å². The van der Waals surface area contributed by atoms with Gasteiger partial charge in [-0.2, -0.15) is 0 Å². The number of nitrogens with zero attached hydrogens (tertiary/aromatic N) is 1. The maximum atomic E-state index is 5.70. The van der Waals surface area contributed by atoms with Gasteiger partial charge in [0, 0.05) is 6.42 Å². The molecule has 3 rings (SSSR count). The molecule has 90 valence electrons. The van der Waals surface area contributed by atoms with Crippen molar-refractivity contribution >= 4 is 21.6 Å². The van der Waals surface area contributed by atoms with E-state index in [9.17, 15) is 0 Å². The van der Waals surface area contributed by atoms with Crippen LogP contribution in [0.15, 0.2) is 54.6 Å². The summed E-state index contributed by atoms with van der Waals surface area (Å²) in [5.74, 6) is 0. The Kier molecular flexibility index (Phi) is 3.24. The van der Waals surface area contributed by atoms with Gasteiger partial charge in [-0.05, 0) is 17.7 Å². The number of para-hydroxylation sites is 1. The van der Waals surface area contributed by atoms with Crippen molar-refractivity contribution in [2.45, 2.75) is 6.42 Å². The zero-order valence-corrected chi connectivity index (χ0v) is 10.7. The molecule has 0 bridgehead atoms. The molecule has 0 spiro atoms. The monoisotopic (exact) mass is 255 g/mol. The third kappa shape index (κ3) is 2.51. The van der Waals surface area contributed by atoms with Gasteiger partial charge in [0.2, 0.25) is 0 Å². The summed E-state index contributed by atoms with van der Waals surface area (Å²) in [6.07, 6.45) is 0.913. The number of aromatic nitrogens is 1. The Hall–Kier alpha value is -1.87. The molecule has 1 aromatic heterocycles. The lowest BCUT2D eigenvalue weighted by Crippen LogP contribution is -2.00. The van der Waals surface area contributed by atoms with E-state index in [1.807, 2.05) is 36.4 Å². The van der Waals surface area contributed by atoms with Crippen LogP contribution in [0.25, 0.3) is 10.2 Å². The average molecular weight is 255 g/mol. The topological polar surface area (TPSA) is 22.1 Å². The molecule has 3 aromatic rings. The molecule has 0 aliphatic carbocycles. The van der Waals surface area contributed by atoms with Gasteiger partial charge in [0.1, 0.15) is 0 Å². The van der Waals surface area contributed by atoms with Gasteiger partial charge in [-0.25, -0.2) is 4.98 Å². The molecule has 0 saturated carbocycles. The molecule has 0 saturated heterocycles. The smallest absolute Gasteiger partial charge is 0.274 e. The first-order chi connectivity index (χ1) is 8.92. The van der Waals surface area contributed by atoms with Crippen LogP contribution in [0.4, 0.5) is 0 Å². The highest BCUT2D eigenvalue weighted by Gasteiger charge is 2.03. The molecule has 3 heteroatoms. The van der Waals surface area contributed by atoms with Crippen LogP contribution in [0.2, 0.25) is 0 Å². The molecule has 0 radical (unpaired) electrons. The van der Waals surface area contributed by atoms with Crippen LogP contribution in [-0.2, 0) is 6.42 Å². The second-order valence-corrected chi connectivity index (χ2v) is 5.02. The molecule has 1 heterocycles. The van der Waals surface area contributed by atoms with Crippen molar-refractivity contribution in [1.29, 1.82) is 0 Å². The summed E-state index contributed by atoms with van der Waals surface area (Å²) < 4.78 is 6.88. The lowest BCUT2D eigenvalue weighted by Gasteiger charge is -2.01. The van der Waals surface area contributed by atoms with Crippen LogP contribution in [0.5, 0.6) is 5.19 Å². The van der Waals surface area contributed by atoms with Crippen molar-refractivity contribution in [3.63, 3.8) is 0 Å². The second-order valence-electron chi connectivity index (χ2n) is 4.03. The molecule has 0 atom stereocenters. The summed E-state index contributed by atoms with van der Waals surface area (Å²) in [5, 5.41) is 0.757. The number of rotatable bonds is 4. The highest BCUT2D eigenvalue weighted by atomic mass is 32.1. The van der Waals surface area contributed by atoms with E-state index in [-0.39, 0.29) is 0 Å². The van der Waals surface area contributed by atoms with Gasteiger partial charge in [0.15, 0.2) is 0 Å². The third-order valence-corrected chi connectivity index (χ3v) is 3.68. The van der Waals surface area contributed by atoms with Crippen LogP contribution in [0.3, 0.4) is 0 Å². The van der Waals surface area contributed by atoms with E-state index < -0.39 is 0 Å². The van der Waals surface area contributed by atoms with Crippen molar-refractivity contribution in [2.75, 3.05) is 6.61 Å². The third-order valence-electron chi connectivity index (χ3n) is 2.73. The Morgan fingerprint density at radius 1 is 0.944 bits per heavy atom. The first kappa shape index (κ1) is 11.2. The lowest BCUT2D eigenvalue weighted by molar-refractivity contribution is 0.321. The fraction of sp³-hybridized carbons (Fsp3) is 0.133. The van der Waals surface area contributed by atoms with E-state index >= 15 is 0 Å². The molecule has 2 nitrogen and oxygen atoms in total. The molecular formula is C15H13NOS. The van der Waals surface area contributed by atoms with Crippen molar-refractivity contribution in [2.24, 2.45) is 0 Å². The average Bonchev–Trinajstić information content (AvgIpc) is 2.82. The highest BCUT2D eigenvalue weighted by Crippen LogP contribution is 2.27. The number of thiazole rings is 1. The molecule has 0 amide bonds. The van der Waals surface area contributed by atoms with E-state index in [2.05, 4.69) is 23.2 Å². The van der Waals surface area contributed by atoms with Crippen molar-refractivity contribution in [1.82, 2.24) is 4.98 Å². The van der Waals surface area contributed by atoms with Gasteiger partial charge in [0.25, 0.3) is 5.19 Å². The minimum atomic E-state index is 0.670. The molecule has 0 aliphatic rings. The van der Waals surface area contributed by atoms with Crippen LogP contribution >= 0.6 is 11.3 Å². The minimum Gasteiger partial charge on any atom is -0.470 e. The van der Waals surface area contributed by atoms with E-state index in [0.717, 1.165) is 17.1 Å². The first-order valence-corrected chi connectivity index (χ1v) is 6.76. The van der Waals surface area contributed by atoms with Gasteiger partial charge < -0.3 is 4.74 Å². The Bertz CT molecular complexity index is 600. The van der Waals surface area contributed by atoms with E-state index in [1.165, 1.54) is 10.3 Å². The molecule has 18 heavy (non-hydrogen) atoms. The van der Waals surface area contributed by atoms with Crippen molar-refractivity contribution < 1.29 is 4.74 Å². The molecule has 2 aromatic carbocycles. The summed E-state index contributed by atoms with van der Waals surface area (Å²) in [4.78, 5) is 4.44. The minimum absolute atomic E-state index is 0.670. The fourth-order valence-corrected chi connectivity index (χ4v) is 2.65. The summed E-state index contributed by atoms with van der Waals surface area (Å²) in [5.41, 5.74) is 2.30. The lowest BCUT2D eigenvalue weighted by atomic mass is 10.2. The highest BCUT2D eigenvalue weighted by molar-refractivity contribution is 7.20. The number of ether oxygens (including phenoxy) is 1. The Labute approximate surface area is 110 Å². The normalized spacial score (nSPS) is 10.7. The van der Waals surface area contributed by atoms with Gasteiger partial charge in [-0.15, -0.1) is 0 Å². The van der Waals surface area contributed by atoms with Crippen molar-refractivity contribution in [3.8, 4) is 5.19 Å². The Morgan fingerprint density at radius 2 is 1.72 bits per heavy atom. The maximum Gasteiger partial charge on any atom is 0.274 e. The molecule has 0 fully saturated rings. The quantitative estimate of drug-likeness (QED) is 0.705. The van der Waals surface area contributed by atoms with Gasteiger partial charge >= 0.3 is 0 Å². The van der Waals surface area contributed by atoms with Gasteiger partial charge in [-0.3, -0.25) is 0 Å². The van der Waals surface area contributed by atoms with Crippen LogP contribution < -0.4 is 4.74 Å². The SMILES string of the molecule is c1ccc(CCOc2nc3ccccc3s2)cc1. The molecule has 0 unspecified atom stereocenters. The number of hydrogen-bond donors (Lipinski definition) is 0. The second kappa shape index (κ2) is 5.19. The van der Waals surface area contributed by atoms with E-state index in [1.54, 1.807) is 11.3 Å². The van der Waals surface area contributed by atoms with Gasteiger partial charge in [0.05, 0.1) is 16.8 Å². The largest absolute Gasteiger partial charge is 0.470 e. The van der Waals surface area contributed by atoms with Gasteiger partial charge in [-0.1, -0.05) is 53.8 Å². The number of hydrogen-bond acceptors (Lipinski definition) is 3. The summed E-state index contributed by atoms with van der Waals surface area (Å²) in [6.45, 7) is 0.670. The summed E-state index contributed by atoms with van der Waals surface area (Å²) in [7, 11) is 0. The Morgan fingerprint density at radius 3 is 2.56 bits per heavy atom. The first-order valence-electron chi connectivity index (χ1n) is 5.94. The predicted molar refractivity (Wildman–Crippen MR) is 75.3 cm³/mol.